The van der Waals surface area contributed by atoms with Crippen molar-refractivity contribution in [3.05, 3.63) is 42.5 Å². The summed E-state index contributed by atoms with van der Waals surface area (Å²) < 4.78 is 26.8. The minimum absolute atomic E-state index is 0.211. The number of hydrogen-bond donors (Lipinski definition) is 1. The van der Waals surface area contributed by atoms with Gasteiger partial charge in [0.05, 0.1) is 23.9 Å². The van der Waals surface area contributed by atoms with Gasteiger partial charge in [0.1, 0.15) is 0 Å². The summed E-state index contributed by atoms with van der Waals surface area (Å²) in [7, 11) is 0. The van der Waals surface area contributed by atoms with E-state index in [9.17, 15) is 8.78 Å². The van der Waals surface area contributed by atoms with Crippen molar-refractivity contribution in [3.8, 4) is 5.69 Å². The van der Waals surface area contributed by atoms with Crippen LogP contribution in [0, 0.1) is 0 Å². The van der Waals surface area contributed by atoms with Crippen molar-refractivity contribution in [3.63, 3.8) is 0 Å². The Bertz CT molecular complexity index is 526. The summed E-state index contributed by atoms with van der Waals surface area (Å²) in [5, 5.41) is 0. The Morgan fingerprint density at radius 2 is 2.06 bits per heavy atom. The zero-order valence-electron chi connectivity index (χ0n) is 9.75. The molecule has 2 aromatic rings. The van der Waals surface area contributed by atoms with Crippen LogP contribution >= 0.6 is 11.8 Å². The first-order valence-electron chi connectivity index (χ1n) is 5.41. The minimum atomic E-state index is -2.45. The highest BCUT2D eigenvalue weighted by Gasteiger charge is 2.14. The number of para-hydroxylation sites is 1. The molecule has 0 saturated heterocycles. The lowest BCUT2D eigenvalue weighted by atomic mass is 10.2. The monoisotopic (exact) mass is 269 g/mol. The summed E-state index contributed by atoms with van der Waals surface area (Å²) in [5.41, 5.74) is 7.29. The Hall–Kier alpha value is -1.40. The van der Waals surface area contributed by atoms with E-state index in [1.807, 2.05) is 6.92 Å². The fourth-order valence-electron chi connectivity index (χ4n) is 1.70. The van der Waals surface area contributed by atoms with Gasteiger partial charge in [-0.1, -0.05) is 23.9 Å². The highest BCUT2D eigenvalue weighted by Crippen LogP contribution is 2.31. The molecule has 0 bridgehead atoms. The van der Waals surface area contributed by atoms with Crippen LogP contribution in [0.15, 0.2) is 41.7 Å². The van der Waals surface area contributed by atoms with Gasteiger partial charge in [-0.05, 0) is 19.1 Å². The fraction of sp³-hybridized carbons (Fsp3) is 0.250. The van der Waals surface area contributed by atoms with Gasteiger partial charge in [-0.2, -0.15) is 8.78 Å². The van der Waals surface area contributed by atoms with E-state index in [1.165, 1.54) is 0 Å². The summed E-state index contributed by atoms with van der Waals surface area (Å²) in [6.07, 6.45) is 3.23. The molecule has 2 rings (SSSR count). The van der Waals surface area contributed by atoms with E-state index >= 15 is 0 Å². The van der Waals surface area contributed by atoms with Gasteiger partial charge in [-0.3, -0.25) is 0 Å². The molecule has 0 radical (unpaired) electrons. The normalized spacial score (nSPS) is 12.9. The molecule has 0 aliphatic rings. The third-order valence-electron chi connectivity index (χ3n) is 2.47. The van der Waals surface area contributed by atoms with Gasteiger partial charge in [-0.25, -0.2) is 4.98 Å². The van der Waals surface area contributed by atoms with Crippen LogP contribution in [0.5, 0.6) is 0 Å². The zero-order valence-corrected chi connectivity index (χ0v) is 10.6. The molecule has 0 aliphatic heterocycles. The lowest BCUT2D eigenvalue weighted by molar-refractivity contribution is 0.252. The third kappa shape index (κ3) is 2.70. The Labute approximate surface area is 108 Å². The lowest BCUT2D eigenvalue weighted by Gasteiger charge is -2.14. The Morgan fingerprint density at radius 3 is 2.72 bits per heavy atom. The first-order valence-corrected chi connectivity index (χ1v) is 6.29. The first-order chi connectivity index (χ1) is 8.59. The number of aromatic nitrogens is 2. The predicted octanol–water partition coefficient (Wildman–Crippen LogP) is 3.21. The van der Waals surface area contributed by atoms with Crippen LogP contribution in [0.25, 0.3) is 5.69 Å². The molecule has 0 fully saturated rings. The molecule has 0 spiro atoms. The van der Waals surface area contributed by atoms with Crippen molar-refractivity contribution in [2.24, 2.45) is 5.73 Å². The first kappa shape index (κ1) is 13.0. The van der Waals surface area contributed by atoms with Gasteiger partial charge in [0.15, 0.2) is 0 Å². The standard InChI is InChI=1S/C12H13F2N3S/c1-8(15)10-6-16-7-17(10)9-4-2-3-5-11(9)18-12(13)14/h2-8,12H,15H2,1H3. The highest BCUT2D eigenvalue weighted by molar-refractivity contribution is 7.99. The van der Waals surface area contributed by atoms with Crippen LogP contribution in [0.1, 0.15) is 18.7 Å². The molecule has 2 N–H and O–H groups in total. The number of benzene rings is 1. The van der Waals surface area contributed by atoms with Crippen molar-refractivity contribution in [2.75, 3.05) is 0 Å². The number of rotatable bonds is 4. The average Bonchev–Trinajstić information content (AvgIpc) is 2.77. The van der Waals surface area contributed by atoms with Crippen molar-refractivity contribution in [1.82, 2.24) is 9.55 Å². The molecule has 1 aromatic carbocycles. The van der Waals surface area contributed by atoms with Crippen LogP contribution in [0.3, 0.4) is 0 Å². The molecule has 0 aliphatic carbocycles. The second-order valence-corrected chi connectivity index (χ2v) is 4.86. The molecule has 1 aromatic heterocycles. The Balaban J connectivity index is 2.46. The minimum Gasteiger partial charge on any atom is -0.323 e. The van der Waals surface area contributed by atoms with E-state index in [-0.39, 0.29) is 6.04 Å². The molecule has 1 heterocycles. The topological polar surface area (TPSA) is 43.8 Å². The summed E-state index contributed by atoms with van der Waals surface area (Å²) >= 11 is 0.521. The van der Waals surface area contributed by atoms with E-state index < -0.39 is 5.76 Å². The Kier molecular flexibility index (Phi) is 3.98. The van der Waals surface area contributed by atoms with Gasteiger partial charge in [0.25, 0.3) is 5.76 Å². The van der Waals surface area contributed by atoms with Crippen LogP contribution in [0.2, 0.25) is 0 Å². The molecule has 0 amide bonds. The number of alkyl halides is 2. The smallest absolute Gasteiger partial charge is 0.288 e. The van der Waals surface area contributed by atoms with Gasteiger partial charge in [-0.15, -0.1) is 0 Å². The number of thioether (sulfide) groups is 1. The van der Waals surface area contributed by atoms with E-state index in [0.717, 1.165) is 5.69 Å². The van der Waals surface area contributed by atoms with Gasteiger partial charge in [0.2, 0.25) is 0 Å². The summed E-state index contributed by atoms with van der Waals surface area (Å²) in [5.74, 6) is -2.45. The third-order valence-corrected chi connectivity index (χ3v) is 3.25. The average molecular weight is 269 g/mol. The lowest BCUT2D eigenvalue weighted by Crippen LogP contribution is -2.11. The van der Waals surface area contributed by atoms with Gasteiger partial charge in [0, 0.05) is 10.9 Å². The molecule has 3 nitrogen and oxygen atoms in total. The van der Waals surface area contributed by atoms with Crippen molar-refractivity contribution in [2.45, 2.75) is 23.6 Å². The summed E-state index contributed by atoms with van der Waals surface area (Å²) in [6.45, 7) is 1.83. The molecule has 1 unspecified atom stereocenters. The molecule has 6 heteroatoms. The maximum atomic E-state index is 12.5. The van der Waals surface area contributed by atoms with Crippen molar-refractivity contribution >= 4 is 11.8 Å². The second-order valence-electron chi connectivity index (χ2n) is 3.82. The van der Waals surface area contributed by atoms with Crippen molar-refractivity contribution in [1.29, 1.82) is 0 Å². The predicted molar refractivity (Wildman–Crippen MR) is 68.0 cm³/mol. The summed E-state index contributed by atoms with van der Waals surface area (Å²) in [6, 6.07) is 6.76. The number of imidazole rings is 1. The molecule has 18 heavy (non-hydrogen) atoms. The maximum absolute atomic E-state index is 12.5. The van der Waals surface area contributed by atoms with E-state index in [0.29, 0.717) is 22.3 Å². The summed E-state index contributed by atoms with van der Waals surface area (Å²) in [4.78, 5) is 4.53. The highest BCUT2D eigenvalue weighted by atomic mass is 32.2. The zero-order chi connectivity index (χ0) is 13.1. The van der Waals surface area contributed by atoms with E-state index in [2.05, 4.69) is 4.98 Å². The molecule has 1 atom stereocenters. The fourth-order valence-corrected chi connectivity index (χ4v) is 2.33. The van der Waals surface area contributed by atoms with Crippen LogP contribution < -0.4 is 5.73 Å². The van der Waals surface area contributed by atoms with Crippen LogP contribution in [-0.4, -0.2) is 15.3 Å². The maximum Gasteiger partial charge on any atom is 0.288 e. The second kappa shape index (κ2) is 5.49. The van der Waals surface area contributed by atoms with Gasteiger partial charge >= 0.3 is 0 Å². The SMILES string of the molecule is CC(N)c1cncn1-c1ccccc1SC(F)F. The number of nitrogens with two attached hydrogens (primary N) is 1. The Morgan fingerprint density at radius 1 is 1.33 bits per heavy atom. The van der Waals surface area contributed by atoms with Crippen molar-refractivity contribution < 1.29 is 8.78 Å². The quantitative estimate of drug-likeness (QED) is 0.867. The number of hydrogen-bond acceptors (Lipinski definition) is 3. The molecular formula is C12H13F2N3S. The molecular weight excluding hydrogens is 256 g/mol. The van der Waals surface area contributed by atoms with Crippen LogP contribution in [0.4, 0.5) is 8.78 Å². The molecule has 96 valence electrons. The number of halogens is 2. The van der Waals surface area contributed by atoms with E-state index in [4.69, 9.17) is 5.73 Å². The largest absolute Gasteiger partial charge is 0.323 e. The number of nitrogens with zero attached hydrogens (tertiary/aromatic N) is 2. The van der Waals surface area contributed by atoms with Gasteiger partial charge < -0.3 is 10.3 Å². The van der Waals surface area contributed by atoms with E-state index in [1.54, 1.807) is 41.4 Å². The molecule has 0 saturated carbocycles. The van der Waals surface area contributed by atoms with Crippen LogP contribution in [-0.2, 0) is 0 Å².